The first-order chi connectivity index (χ1) is 21.3. The molecule has 1 aliphatic heterocycles. The van der Waals surface area contributed by atoms with Gasteiger partial charge in [-0.25, -0.2) is 0 Å². The Morgan fingerprint density at radius 3 is 2.43 bits per heavy atom. The van der Waals surface area contributed by atoms with Gasteiger partial charge in [-0.05, 0) is 68.8 Å². The van der Waals surface area contributed by atoms with Gasteiger partial charge < -0.3 is 24.8 Å². The molecule has 3 atom stereocenters. The third kappa shape index (κ3) is 7.79. The maximum Gasteiger partial charge on any atom is 0.258 e. The molecule has 0 aromatic heterocycles. The molecule has 1 saturated carbocycles. The van der Waals surface area contributed by atoms with Gasteiger partial charge in [0.1, 0.15) is 17.6 Å². The average molecular weight is 600 g/mol. The van der Waals surface area contributed by atoms with Gasteiger partial charge in [0, 0.05) is 31.5 Å². The molecule has 2 aliphatic rings. The van der Waals surface area contributed by atoms with Crippen LogP contribution in [0.15, 0.2) is 72.8 Å². The summed E-state index contributed by atoms with van der Waals surface area (Å²) in [5.74, 6) is 1.70. The van der Waals surface area contributed by atoms with E-state index in [1.54, 1.807) is 17.0 Å². The van der Waals surface area contributed by atoms with Crippen molar-refractivity contribution in [3.63, 3.8) is 0 Å². The Balaban J connectivity index is 1.34. The second-order valence-electron chi connectivity index (χ2n) is 12.4. The number of hydrogen-bond donors (Lipinski definition) is 2. The zero-order valence-corrected chi connectivity index (χ0v) is 26.1. The first-order valence-electron chi connectivity index (χ1n) is 15.8. The van der Waals surface area contributed by atoms with Crippen LogP contribution in [-0.4, -0.2) is 65.6 Å². The first-order valence-corrected chi connectivity index (χ1v) is 15.8. The molecule has 3 aromatic rings. The summed E-state index contributed by atoms with van der Waals surface area (Å²) in [6.07, 6.45) is 4.78. The molecule has 0 spiro atoms. The van der Waals surface area contributed by atoms with E-state index in [0.717, 1.165) is 42.7 Å². The minimum Gasteiger partial charge on any atom is -0.486 e. The van der Waals surface area contributed by atoms with Gasteiger partial charge in [0.15, 0.2) is 5.75 Å². The smallest absolute Gasteiger partial charge is 0.258 e. The van der Waals surface area contributed by atoms with E-state index in [0.29, 0.717) is 36.6 Å². The second kappa shape index (κ2) is 14.7. The lowest BCUT2D eigenvalue weighted by atomic mass is 9.88. The Kier molecular flexibility index (Phi) is 10.6. The largest absolute Gasteiger partial charge is 0.486 e. The molecular weight excluding hydrogens is 554 g/mol. The molecule has 1 heterocycles. The van der Waals surface area contributed by atoms with Gasteiger partial charge in [-0.2, -0.15) is 0 Å². The number of amides is 2. The van der Waals surface area contributed by atoms with Crippen molar-refractivity contribution in [2.24, 2.45) is 11.8 Å². The van der Waals surface area contributed by atoms with Crippen LogP contribution in [0.25, 0.3) is 0 Å². The molecule has 8 heteroatoms. The number of rotatable bonds is 10. The highest BCUT2D eigenvalue weighted by Crippen LogP contribution is 2.36. The third-order valence-electron chi connectivity index (χ3n) is 8.77. The average Bonchev–Trinajstić information content (AvgIpc) is 3.04. The number of fused-ring (bicyclic) bond motifs is 1. The zero-order chi connectivity index (χ0) is 31.1. The van der Waals surface area contributed by atoms with E-state index < -0.39 is 0 Å². The van der Waals surface area contributed by atoms with E-state index in [1.807, 2.05) is 55.5 Å². The van der Waals surface area contributed by atoms with Gasteiger partial charge in [0.2, 0.25) is 5.91 Å². The van der Waals surface area contributed by atoms with Crippen LogP contribution in [0.4, 0.5) is 5.69 Å². The van der Waals surface area contributed by atoms with E-state index in [9.17, 15) is 14.7 Å². The Morgan fingerprint density at radius 1 is 1.02 bits per heavy atom. The van der Waals surface area contributed by atoms with Crippen molar-refractivity contribution >= 4 is 17.5 Å². The highest BCUT2D eigenvalue weighted by Gasteiger charge is 2.35. The first kappa shape index (κ1) is 31.5. The molecule has 2 N–H and O–H groups in total. The van der Waals surface area contributed by atoms with Crippen molar-refractivity contribution in [3.05, 3.63) is 83.9 Å². The molecule has 2 amide bonds. The van der Waals surface area contributed by atoms with E-state index in [4.69, 9.17) is 9.47 Å². The number of likely N-dealkylation sites (N-methyl/N-ethyl adjacent to an activating group) is 1. The summed E-state index contributed by atoms with van der Waals surface area (Å²) in [7, 11) is 2.06. The lowest BCUT2D eigenvalue weighted by Gasteiger charge is -2.38. The molecule has 3 aromatic carbocycles. The van der Waals surface area contributed by atoms with E-state index in [-0.39, 0.29) is 42.4 Å². The van der Waals surface area contributed by atoms with E-state index >= 15 is 0 Å². The van der Waals surface area contributed by atoms with Crippen LogP contribution >= 0.6 is 0 Å². The highest BCUT2D eigenvalue weighted by atomic mass is 16.5. The summed E-state index contributed by atoms with van der Waals surface area (Å²) in [5, 5.41) is 13.1. The number of benzene rings is 3. The van der Waals surface area contributed by atoms with Crippen molar-refractivity contribution in [1.82, 2.24) is 9.80 Å². The number of aliphatic hydroxyl groups is 1. The molecule has 234 valence electrons. The fraction of sp³-hybridized carbons (Fsp3) is 0.444. The number of anilines is 1. The fourth-order valence-corrected chi connectivity index (χ4v) is 6.13. The van der Waals surface area contributed by atoms with Crippen molar-refractivity contribution in [3.8, 4) is 17.2 Å². The minimum absolute atomic E-state index is 0.0156. The maximum atomic E-state index is 13.8. The third-order valence-corrected chi connectivity index (χ3v) is 8.77. The standard InChI is InChI=1S/C36H45N3O5/c1-25-21-39(26(2)24-40)36(42)31-15-10-16-32(37-35(41)28-11-6-4-7-12-28)34(31)44-33(25)23-38(3)22-27-17-19-30(20-18-27)43-29-13-8-5-9-14-29/h5,8-10,13-20,25-26,28,33,40H,4,6-7,11-12,21-24H2,1-3H3,(H,37,41)/t25-,26+,33+/m0/s1. The summed E-state index contributed by atoms with van der Waals surface area (Å²) in [6.45, 7) is 5.54. The van der Waals surface area contributed by atoms with E-state index in [1.165, 1.54) is 6.42 Å². The number of aliphatic hydroxyl groups excluding tert-OH is 1. The predicted molar refractivity (Wildman–Crippen MR) is 172 cm³/mol. The van der Waals surface area contributed by atoms with Crippen LogP contribution in [-0.2, 0) is 11.3 Å². The van der Waals surface area contributed by atoms with Gasteiger partial charge in [-0.1, -0.05) is 62.6 Å². The monoisotopic (exact) mass is 599 g/mol. The second-order valence-corrected chi connectivity index (χ2v) is 12.4. The summed E-state index contributed by atoms with van der Waals surface area (Å²) in [6, 6.07) is 22.8. The number of nitrogens with zero attached hydrogens (tertiary/aromatic N) is 2. The number of carbonyl (C=O) groups excluding carboxylic acids is 2. The molecular formula is C36H45N3O5. The molecule has 0 bridgehead atoms. The van der Waals surface area contributed by atoms with Crippen LogP contribution in [0.3, 0.4) is 0 Å². The van der Waals surface area contributed by atoms with Gasteiger partial charge in [-0.15, -0.1) is 0 Å². The fourth-order valence-electron chi connectivity index (χ4n) is 6.13. The Morgan fingerprint density at radius 2 is 1.73 bits per heavy atom. The van der Waals surface area contributed by atoms with Crippen LogP contribution in [0, 0.1) is 11.8 Å². The number of para-hydroxylation sites is 2. The number of hydrogen-bond acceptors (Lipinski definition) is 6. The van der Waals surface area contributed by atoms with Gasteiger partial charge >= 0.3 is 0 Å². The predicted octanol–water partition coefficient (Wildman–Crippen LogP) is 6.35. The number of carbonyl (C=O) groups is 2. The highest BCUT2D eigenvalue weighted by molar-refractivity contribution is 6.02. The molecule has 1 fully saturated rings. The van der Waals surface area contributed by atoms with Crippen LogP contribution in [0.1, 0.15) is 61.9 Å². The molecule has 5 rings (SSSR count). The Bertz CT molecular complexity index is 1390. The SMILES string of the molecule is C[C@H](CO)N1C[C@H](C)[C@@H](CN(C)Cc2ccc(Oc3ccccc3)cc2)Oc2c(NC(=O)C3CCCCC3)cccc2C1=O. The topological polar surface area (TPSA) is 91.3 Å². The van der Waals surface area contributed by atoms with Crippen molar-refractivity contribution in [2.75, 3.05) is 32.1 Å². The lowest BCUT2D eigenvalue weighted by Crippen LogP contribution is -2.49. The maximum absolute atomic E-state index is 13.8. The summed E-state index contributed by atoms with van der Waals surface area (Å²) in [4.78, 5) is 31.0. The number of nitrogens with one attached hydrogen (secondary N) is 1. The lowest BCUT2D eigenvalue weighted by molar-refractivity contribution is -0.120. The molecule has 44 heavy (non-hydrogen) atoms. The number of ether oxygens (including phenoxy) is 2. The Hall–Kier alpha value is -3.88. The van der Waals surface area contributed by atoms with Crippen molar-refractivity contribution in [1.29, 1.82) is 0 Å². The molecule has 1 aliphatic carbocycles. The van der Waals surface area contributed by atoms with Crippen LogP contribution < -0.4 is 14.8 Å². The normalized spacial score (nSPS) is 19.8. The van der Waals surface area contributed by atoms with Crippen molar-refractivity contribution < 1.29 is 24.2 Å². The molecule has 8 nitrogen and oxygen atoms in total. The molecule has 0 radical (unpaired) electrons. The van der Waals surface area contributed by atoms with Crippen LogP contribution in [0.5, 0.6) is 17.2 Å². The quantitative estimate of drug-likeness (QED) is 0.282. The summed E-state index contributed by atoms with van der Waals surface area (Å²) in [5.41, 5.74) is 2.07. The minimum atomic E-state index is -0.355. The Labute approximate surface area is 261 Å². The summed E-state index contributed by atoms with van der Waals surface area (Å²) < 4.78 is 12.7. The van der Waals surface area contributed by atoms with Crippen molar-refractivity contribution in [2.45, 2.75) is 64.6 Å². The zero-order valence-electron chi connectivity index (χ0n) is 26.1. The van der Waals surface area contributed by atoms with Gasteiger partial charge in [-0.3, -0.25) is 14.5 Å². The summed E-state index contributed by atoms with van der Waals surface area (Å²) >= 11 is 0. The van der Waals surface area contributed by atoms with Gasteiger partial charge in [0.05, 0.1) is 23.9 Å². The van der Waals surface area contributed by atoms with Gasteiger partial charge in [0.25, 0.3) is 5.91 Å². The van der Waals surface area contributed by atoms with E-state index in [2.05, 4.69) is 36.3 Å². The molecule has 0 unspecified atom stereocenters. The van der Waals surface area contributed by atoms with Crippen LogP contribution in [0.2, 0.25) is 0 Å². The molecule has 0 saturated heterocycles.